The summed E-state index contributed by atoms with van der Waals surface area (Å²) < 4.78 is 12.6. The minimum absolute atomic E-state index is 0.0598. The van der Waals surface area contributed by atoms with E-state index < -0.39 is 0 Å². The van der Waals surface area contributed by atoms with E-state index in [0.29, 0.717) is 30.9 Å². The van der Waals surface area contributed by atoms with E-state index in [-0.39, 0.29) is 36.9 Å². The first-order chi connectivity index (χ1) is 17.2. The molecule has 1 N–H and O–H groups in total. The van der Waals surface area contributed by atoms with Crippen molar-refractivity contribution in [2.75, 3.05) is 20.8 Å². The summed E-state index contributed by atoms with van der Waals surface area (Å²) in [7, 11) is 3.16. The highest BCUT2D eigenvalue weighted by Gasteiger charge is 2.22. The molecule has 194 valence electrons. The SMILES string of the molecule is COc1ccc(CC(=O)NCCCc2nc3ccccc3n2CC(=O)N(C(C)C)C(C)C)cc1OC. The van der Waals surface area contributed by atoms with E-state index in [4.69, 9.17) is 14.5 Å². The smallest absolute Gasteiger partial charge is 0.243 e. The predicted molar refractivity (Wildman–Crippen MR) is 141 cm³/mol. The Labute approximate surface area is 213 Å². The number of nitrogens with zero attached hydrogens (tertiary/aromatic N) is 3. The third-order valence-corrected chi connectivity index (χ3v) is 6.14. The first kappa shape index (κ1) is 27.0. The van der Waals surface area contributed by atoms with Crippen LogP contribution in [0.4, 0.5) is 0 Å². The molecular formula is C28H38N4O4. The van der Waals surface area contributed by atoms with Gasteiger partial charge in [0.1, 0.15) is 12.4 Å². The van der Waals surface area contributed by atoms with Gasteiger partial charge in [-0.15, -0.1) is 0 Å². The fraction of sp³-hybridized carbons (Fsp3) is 0.464. The van der Waals surface area contributed by atoms with Gasteiger partial charge in [-0.1, -0.05) is 18.2 Å². The Kier molecular flexibility index (Phi) is 9.33. The maximum absolute atomic E-state index is 13.2. The maximum atomic E-state index is 13.2. The second kappa shape index (κ2) is 12.4. The van der Waals surface area contributed by atoms with Crippen molar-refractivity contribution in [1.82, 2.24) is 19.8 Å². The molecule has 0 aliphatic rings. The maximum Gasteiger partial charge on any atom is 0.243 e. The number of ether oxygens (including phenoxy) is 2. The van der Waals surface area contributed by atoms with Crippen LogP contribution in [0.5, 0.6) is 11.5 Å². The third kappa shape index (κ3) is 6.56. The van der Waals surface area contributed by atoms with Crippen molar-refractivity contribution in [3.63, 3.8) is 0 Å². The summed E-state index contributed by atoms with van der Waals surface area (Å²) in [5, 5.41) is 2.99. The van der Waals surface area contributed by atoms with Gasteiger partial charge >= 0.3 is 0 Å². The number of carbonyl (C=O) groups excluding carboxylic acids is 2. The minimum Gasteiger partial charge on any atom is -0.493 e. The van der Waals surface area contributed by atoms with Gasteiger partial charge in [-0.25, -0.2) is 4.98 Å². The second-order valence-electron chi connectivity index (χ2n) is 9.41. The van der Waals surface area contributed by atoms with Gasteiger partial charge in [0.05, 0.1) is 31.7 Å². The number of nitrogens with one attached hydrogen (secondary N) is 1. The Morgan fingerprint density at radius 2 is 1.69 bits per heavy atom. The molecule has 0 unspecified atom stereocenters. The molecule has 0 saturated carbocycles. The van der Waals surface area contributed by atoms with Gasteiger partial charge < -0.3 is 24.3 Å². The minimum atomic E-state index is -0.0598. The number of imidazole rings is 1. The molecule has 1 heterocycles. The predicted octanol–water partition coefficient (Wildman–Crippen LogP) is 3.99. The number of aromatic nitrogens is 2. The standard InChI is InChI=1S/C28H38N4O4/c1-19(2)32(20(3)4)28(34)18-31-23-11-8-7-10-22(23)30-26(31)12-9-15-29-27(33)17-21-13-14-24(35-5)25(16-21)36-6/h7-8,10-11,13-14,16,19-20H,9,12,15,17-18H2,1-6H3,(H,29,33). The number of hydrogen-bond acceptors (Lipinski definition) is 5. The van der Waals surface area contributed by atoms with E-state index in [9.17, 15) is 9.59 Å². The molecule has 0 atom stereocenters. The van der Waals surface area contributed by atoms with Gasteiger partial charge in [0.15, 0.2) is 11.5 Å². The van der Waals surface area contributed by atoms with Crippen molar-refractivity contribution in [1.29, 1.82) is 0 Å². The normalized spacial score (nSPS) is 11.2. The lowest BCUT2D eigenvalue weighted by atomic mass is 10.1. The van der Waals surface area contributed by atoms with Gasteiger partial charge in [0, 0.05) is 25.0 Å². The van der Waals surface area contributed by atoms with Crippen molar-refractivity contribution in [2.45, 2.75) is 65.6 Å². The number of aryl methyl sites for hydroxylation is 1. The van der Waals surface area contributed by atoms with Crippen LogP contribution in [0.25, 0.3) is 11.0 Å². The summed E-state index contributed by atoms with van der Waals surface area (Å²) in [6.45, 7) is 8.92. The summed E-state index contributed by atoms with van der Waals surface area (Å²) in [6.07, 6.45) is 1.63. The van der Waals surface area contributed by atoms with Crippen molar-refractivity contribution in [2.24, 2.45) is 0 Å². The van der Waals surface area contributed by atoms with Crippen LogP contribution in [0.2, 0.25) is 0 Å². The Morgan fingerprint density at radius 1 is 1.00 bits per heavy atom. The lowest BCUT2D eigenvalue weighted by Gasteiger charge is -2.31. The number of para-hydroxylation sites is 2. The van der Waals surface area contributed by atoms with E-state index in [0.717, 1.165) is 22.4 Å². The molecular weight excluding hydrogens is 456 g/mol. The second-order valence-corrected chi connectivity index (χ2v) is 9.41. The molecule has 0 radical (unpaired) electrons. The number of rotatable bonds is 12. The largest absolute Gasteiger partial charge is 0.493 e. The van der Waals surface area contributed by atoms with Crippen molar-refractivity contribution >= 4 is 22.8 Å². The summed E-state index contributed by atoms with van der Waals surface area (Å²) in [6, 6.07) is 13.6. The van der Waals surface area contributed by atoms with Crippen molar-refractivity contribution < 1.29 is 19.1 Å². The Bertz CT molecular complexity index is 1180. The van der Waals surface area contributed by atoms with Crippen LogP contribution >= 0.6 is 0 Å². The zero-order valence-corrected chi connectivity index (χ0v) is 22.2. The third-order valence-electron chi connectivity index (χ3n) is 6.14. The van der Waals surface area contributed by atoms with Crippen LogP contribution in [0.3, 0.4) is 0 Å². The highest BCUT2D eigenvalue weighted by molar-refractivity contribution is 5.81. The number of carbonyl (C=O) groups is 2. The molecule has 2 amide bonds. The molecule has 0 spiro atoms. The van der Waals surface area contributed by atoms with Crippen LogP contribution in [-0.2, 0) is 29.0 Å². The van der Waals surface area contributed by atoms with E-state index >= 15 is 0 Å². The van der Waals surface area contributed by atoms with E-state index in [1.54, 1.807) is 20.3 Å². The molecule has 0 aliphatic heterocycles. The molecule has 2 aromatic carbocycles. The summed E-state index contributed by atoms with van der Waals surface area (Å²) in [5.41, 5.74) is 2.68. The Balaban J connectivity index is 1.62. The molecule has 3 aromatic rings. The zero-order chi connectivity index (χ0) is 26.2. The fourth-order valence-electron chi connectivity index (χ4n) is 4.59. The molecule has 0 fully saturated rings. The molecule has 0 aliphatic carbocycles. The Hall–Kier alpha value is -3.55. The Morgan fingerprint density at radius 3 is 2.36 bits per heavy atom. The number of methoxy groups -OCH3 is 2. The zero-order valence-electron chi connectivity index (χ0n) is 22.2. The highest BCUT2D eigenvalue weighted by Crippen LogP contribution is 2.27. The van der Waals surface area contributed by atoms with Gasteiger partial charge in [-0.05, 0) is 63.9 Å². The average Bonchev–Trinajstić information content (AvgIpc) is 3.18. The van der Waals surface area contributed by atoms with Crippen LogP contribution in [0.1, 0.15) is 45.5 Å². The first-order valence-electron chi connectivity index (χ1n) is 12.5. The average molecular weight is 495 g/mol. The molecule has 8 nitrogen and oxygen atoms in total. The molecule has 8 heteroatoms. The molecule has 0 bridgehead atoms. The van der Waals surface area contributed by atoms with Gasteiger partial charge in [0.2, 0.25) is 11.8 Å². The van der Waals surface area contributed by atoms with Crippen LogP contribution in [0.15, 0.2) is 42.5 Å². The summed E-state index contributed by atoms with van der Waals surface area (Å²) >= 11 is 0. The molecule has 36 heavy (non-hydrogen) atoms. The van der Waals surface area contributed by atoms with Crippen LogP contribution in [0, 0.1) is 0 Å². The van der Waals surface area contributed by atoms with Gasteiger partial charge in [0.25, 0.3) is 0 Å². The molecule has 0 saturated heterocycles. The van der Waals surface area contributed by atoms with Crippen molar-refractivity contribution in [3.8, 4) is 11.5 Å². The lowest BCUT2D eigenvalue weighted by Crippen LogP contribution is -2.43. The quantitative estimate of drug-likeness (QED) is 0.385. The number of hydrogen-bond donors (Lipinski definition) is 1. The van der Waals surface area contributed by atoms with Gasteiger partial charge in [-0.3, -0.25) is 9.59 Å². The highest BCUT2D eigenvalue weighted by atomic mass is 16.5. The first-order valence-corrected chi connectivity index (χ1v) is 12.5. The monoisotopic (exact) mass is 494 g/mol. The van der Waals surface area contributed by atoms with Crippen molar-refractivity contribution in [3.05, 3.63) is 53.9 Å². The molecule has 1 aromatic heterocycles. The van der Waals surface area contributed by atoms with Gasteiger partial charge in [-0.2, -0.15) is 0 Å². The van der Waals surface area contributed by atoms with Crippen LogP contribution < -0.4 is 14.8 Å². The fourth-order valence-corrected chi connectivity index (χ4v) is 4.59. The summed E-state index contributed by atoms with van der Waals surface area (Å²) in [4.78, 5) is 32.3. The van der Waals surface area contributed by atoms with E-state index in [1.807, 2.05) is 73.6 Å². The topological polar surface area (TPSA) is 85.7 Å². The number of fused-ring (bicyclic) bond motifs is 1. The molecule has 3 rings (SSSR count). The number of amides is 2. The number of benzene rings is 2. The lowest BCUT2D eigenvalue weighted by molar-refractivity contribution is -0.135. The summed E-state index contributed by atoms with van der Waals surface area (Å²) in [5.74, 6) is 2.10. The van der Waals surface area contributed by atoms with E-state index in [2.05, 4.69) is 5.32 Å². The van der Waals surface area contributed by atoms with Crippen LogP contribution in [-0.4, -0.2) is 59.1 Å². The van der Waals surface area contributed by atoms with E-state index in [1.165, 1.54) is 0 Å².